The first kappa shape index (κ1) is 6.46. The lowest BCUT2D eigenvalue weighted by Crippen LogP contribution is -2.25. The molecular weight excluding hydrogens is 138 g/mol. The van der Waals surface area contributed by atoms with Crippen LogP contribution in [0.15, 0.2) is 18.3 Å². The van der Waals surface area contributed by atoms with Crippen molar-refractivity contribution in [2.75, 3.05) is 5.84 Å². The molecule has 3 N–H and O–H groups in total. The van der Waals surface area contributed by atoms with Gasteiger partial charge in [0.1, 0.15) is 5.49 Å². The summed E-state index contributed by atoms with van der Waals surface area (Å²) in [5.41, 5.74) is 1.64. The highest BCUT2D eigenvalue weighted by Crippen LogP contribution is 2.39. The quantitative estimate of drug-likeness (QED) is 0.563. The Bertz CT molecular complexity index is 322. The van der Waals surface area contributed by atoms with Crippen LogP contribution in [0.5, 0.6) is 0 Å². The minimum atomic E-state index is 0.384. The van der Waals surface area contributed by atoms with Gasteiger partial charge in [-0.2, -0.15) is 0 Å². The van der Waals surface area contributed by atoms with Crippen molar-refractivity contribution in [1.29, 1.82) is 5.41 Å². The third-order valence-electron chi connectivity index (χ3n) is 2.06. The first-order valence-corrected chi connectivity index (χ1v) is 3.79. The Hall–Kier alpha value is -1.25. The van der Waals surface area contributed by atoms with E-state index in [0.717, 1.165) is 0 Å². The fraction of sp³-hybridized carbons (Fsp3) is 0.375. The van der Waals surface area contributed by atoms with E-state index in [0.29, 0.717) is 11.4 Å². The molecule has 3 nitrogen and oxygen atoms in total. The molecule has 1 aromatic heterocycles. The second kappa shape index (κ2) is 2.12. The number of hydrogen-bond acceptors (Lipinski definition) is 2. The standard InChI is InChI=1S/C8H11N3/c9-8-5-7(6-1-2-6)3-4-11(8)10/h3-6,9H,1-2,10H2. The van der Waals surface area contributed by atoms with Crippen molar-refractivity contribution < 1.29 is 0 Å². The van der Waals surface area contributed by atoms with Crippen molar-refractivity contribution in [3.8, 4) is 0 Å². The van der Waals surface area contributed by atoms with E-state index in [9.17, 15) is 0 Å². The zero-order valence-electron chi connectivity index (χ0n) is 6.25. The lowest BCUT2D eigenvalue weighted by molar-refractivity contribution is 0.866. The second-order valence-electron chi connectivity index (χ2n) is 3.03. The Labute approximate surface area is 64.9 Å². The van der Waals surface area contributed by atoms with Gasteiger partial charge in [-0.05, 0) is 36.5 Å². The molecule has 0 amide bonds. The van der Waals surface area contributed by atoms with E-state index in [-0.39, 0.29) is 0 Å². The van der Waals surface area contributed by atoms with Crippen molar-refractivity contribution in [2.45, 2.75) is 18.8 Å². The Morgan fingerprint density at radius 3 is 2.82 bits per heavy atom. The van der Waals surface area contributed by atoms with Gasteiger partial charge in [-0.3, -0.25) is 10.1 Å². The number of nitrogens with one attached hydrogen (secondary N) is 1. The number of hydrogen-bond donors (Lipinski definition) is 2. The van der Waals surface area contributed by atoms with Crippen LogP contribution in [-0.4, -0.2) is 4.68 Å². The number of nitrogens with two attached hydrogens (primary N) is 1. The smallest absolute Gasteiger partial charge is 0.143 e. The Morgan fingerprint density at radius 1 is 1.55 bits per heavy atom. The van der Waals surface area contributed by atoms with Crippen LogP contribution in [0.1, 0.15) is 24.3 Å². The van der Waals surface area contributed by atoms with Crippen molar-refractivity contribution in [3.63, 3.8) is 0 Å². The molecule has 1 aromatic rings. The van der Waals surface area contributed by atoms with Gasteiger partial charge in [-0.25, -0.2) is 0 Å². The molecule has 1 fully saturated rings. The summed E-state index contributed by atoms with van der Waals surface area (Å²) in [6.45, 7) is 0. The number of aromatic nitrogens is 1. The van der Waals surface area contributed by atoms with Crippen LogP contribution in [0, 0.1) is 5.41 Å². The molecule has 1 aliphatic rings. The van der Waals surface area contributed by atoms with Crippen LogP contribution >= 0.6 is 0 Å². The van der Waals surface area contributed by atoms with Gasteiger partial charge in [0.25, 0.3) is 0 Å². The minimum absolute atomic E-state index is 0.384. The molecule has 0 bridgehead atoms. The van der Waals surface area contributed by atoms with E-state index in [1.54, 1.807) is 6.20 Å². The van der Waals surface area contributed by atoms with Crippen molar-refractivity contribution in [3.05, 3.63) is 29.4 Å². The van der Waals surface area contributed by atoms with Crippen LogP contribution < -0.4 is 11.3 Å². The molecule has 0 atom stereocenters. The van der Waals surface area contributed by atoms with Crippen LogP contribution in [-0.2, 0) is 0 Å². The molecule has 11 heavy (non-hydrogen) atoms. The largest absolute Gasteiger partial charge is 0.338 e. The molecule has 0 radical (unpaired) electrons. The van der Waals surface area contributed by atoms with Crippen molar-refractivity contribution in [2.24, 2.45) is 0 Å². The predicted octanol–water partition coefficient (Wildman–Crippen LogP) is 0.559. The molecule has 0 aromatic carbocycles. The summed E-state index contributed by atoms with van der Waals surface area (Å²) in [5, 5.41) is 7.42. The van der Waals surface area contributed by atoms with Gasteiger partial charge in [-0.1, -0.05) is 0 Å². The van der Waals surface area contributed by atoms with E-state index in [1.807, 2.05) is 12.1 Å². The summed E-state index contributed by atoms with van der Waals surface area (Å²) < 4.78 is 1.33. The predicted molar refractivity (Wildman–Crippen MR) is 42.4 cm³/mol. The Kier molecular flexibility index (Phi) is 1.24. The molecule has 0 spiro atoms. The van der Waals surface area contributed by atoms with Crippen molar-refractivity contribution in [1.82, 2.24) is 4.68 Å². The normalized spacial score (nSPS) is 16.7. The van der Waals surface area contributed by atoms with Crippen LogP contribution in [0.4, 0.5) is 0 Å². The molecule has 3 heteroatoms. The molecular formula is C8H11N3. The highest BCUT2D eigenvalue weighted by Gasteiger charge is 2.23. The minimum Gasteiger partial charge on any atom is -0.338 e. The third kappa shape index (κ3) is 1.13. The van der Waals surface area contributed by atoms with Gasteiger partial charge >= 0.3 is 0 Å². The van der Waals surface area contributed by atoms with E-state index in [2.05, 4.69) is 0 Å². The highest BCUT2D eigenvalue weighted by molar-refractivity contribution is 5.20. The molecule has 0 aliphatic heterocycles. The SMILES string of the molecule is N=c1cc(C2CC2)ccn1N. The van der Waals surface area contributed by atoms with Crippen LogP contribution in [0.2, 0.25) is 0 Å². The van der Waals surface area contributed by atoms with Gasteiger partial charge in [0.2, 0.25) is 0 Å². The number of nitrogens with zero attached hydrogens (tertiary/aromatic N) is 1. The highest BCUT2D eigenvalue weighted by atomic mass is 15.3. The monoisotopic (exact) mass is 149 g/mol. The summed E-state index contributed by atoms with van der Waals surface area (Å²) in [4.78, 5) is 0. The summed E-state index contributed by atoms with van der Waals surface area (Å²) in [7, 11) is 0. The van der Waals surface area contributed by atoms with Crippen LogP contribution in [0.3, 0.4) is 0 Å². The first-order chi connectivity index (χ1) is 5.27. The second-order valence-corrected chi connectivity index (χ2v) is 3.03. The summed E-state index contributed by atoms with van der Waals surface area (Å²) in [6.07, 6.45) is 4.29. The molecule has 0 unspecified atom stereocenters. The van der Waals surface area contributed by atoms with Crippen LogP contribution in [0.25, 0.3) is 0 Å². The fourth-order valence-electron chi connectivity index (χ4n) is 1.20. The van der Waals surface area contributed by atoms with Gasteiger partial charge < -0.3 is 5.84 Å². The molecule has 0 saturated heterocycles. The van der Waals surface area contributed by atoms with Gasteiger partial charge in [0.15, 0.2) is 0 Å². The van der Waals surface area contributed by atoms with Gasteiger partial charge in [-0.15, -0.1) is 0 Å². The average molecular weight is 149 g/mol. The lowest BCUT2D eigenvalue weighted by atomic mass is 10.2. The maximum Gasteiger partial charge on any atom is 0.143 e. The number of pyridine rings is 1. The van der Waals surface area contributed by atoms with Gasteiger partial charge in [0, 0.05) is 6.20 Å². The van der Waals surface area contributed by atoms with E-state index in [1.165, 1.54) is 23.1 Å². The number of rotatable bonds is 1. The molecule has 1 aliphatic carbocycles. The Morgan fingerprint density at radius 2 is 2.27 bits per heavy atom. The number of nitrogen functional groups attached to an aromatic ring is 1. The molecule has 58 valence electrons. The topological polar surface area (TPSA) is 54.8 Å². The summed E-state index contributed by atoms with van der Waals surface area (Å²) >= 11 is 0. The first-order valence-electron chi connectivity index (χ1n) is 3.79. The zero-order chi connectivity index (χ0) is 7.84. The Balaban J connectivity index is 2.44. The van der Waals surface area contributed by atoms with E-state index in [4.69, 9.17) is 11.3 Å². The maximum atomic E-state index is 7.42. The van der Waals surface area contributed by atoms with Gasteiger partial charge in [0.05, 0.1) is 0 Å². The van der Waals surface area contributed by atoms with E-state index < -0.39 is 0 Å². The molecule has 1 saturated carbocycles. The zero-order valence-corrected chi connectivity index (χ0v) is 6.25. The summed E-state index contributed by atoms with van der Waals surface area (Å²) in [6, 6.07) is 3.84. The average Bonchev–Trinajstić information content (AvgIpc) is 2.77. The fourth-order valence-corrected chi connectivity index (χ4v) is 1.20. The molecule has 2 rings (SSSR count). The third-order valence-corrected chi connectivity index (χ3v) is 2.06. The lowest BCUT2D eigenvalue weighted by Gasteiger charge is -2.00. The maximum absolute atomic E-state index is 7.42. The molecule has 1 heterocycles. The summed E-state index contributed by atoms with van der Waals surface area (Å²) in [5.74, 6) is 6.15. The van der Waals surface area contributed by atoms with Crippen molar-refractivity contribution >= 4 is 0 Å². The van der Waals surface area contributed by atoms with E-state index >= 15 is 0 Å².